The molecule has 1 aliphatic rings. The number of ketones is 2. The lowest BCUT2D eigenvalue weighted by Crippen LogP contribution is -2.14. The zero-order valence-corrected chi connectivity index (χ0v) is 11.3. The van der Waals surface area contributed by atoms with Crippen molar-refractivity contribution in [2.24, 2.45) is 0 Å². The van der Waals surface area contributed by atoms with Crippen molar-refractivity contribution in [3.05, 3.63) is 68.7 Å². The summed E-state index contributed by atoms with van der Waals surface area (Å²) in [6.45, 7) is 0. The Labute approximate surface area is 120 Å². The number of halogens is 2. The van der Waals surface area contributed by atoms with Crippen LogP contribution in [0.4, 0.5) is 0 Å². The van der Waals surface area contributed by atoms with E-state index in [0.29, 0.717) is 27.6 Å². The summed E-state index contributed by atoms with van der Waals surface area (Å²) in [6.07, 6.45) is 0.475. The van der Waals surface area contributed by atoms with Crippen LogP contribution < -0.4 is 0 Å². The Morgan fingerprint density at radius 1 is 0.737 bits per heavy atom. The molecule has 94 valence electrons. The maximum absolute atomic E-state index is 12.2. The zero-order chi connectivity index (χ0) is 13.6. The molecule has 2 aromatic carbocycles. The van der Waals surface area contributed by atoms with Crippen molar-refractivity contribution < 1.29 is 9.59 Å². The third-order valence-corrected chi connectivity index (χ3v) is 3.68. The SMILES string of the molecule is O=C1C(=O)c2ccc(Cl)cc2Cc2cc(Cl)ccc21. The second kappa shape index (κ2) is 4.48. The van der Waals surface area contributed by atoms with Crippen molar-refractivity contribution in [3.8, 4) is 0 Å². The summed E-state index contributed by atoms with van der Waals surface area (Å²) in [4.78, 5) is 24.3. The molecule has 4 heteroatoms. The van der Waals surface area contributed by atoms with E-state index in [0.717, 1.165) is 11.1 Å². The molecular formula is C15H8Cl2O2. The Bertz CT molecular complexity index is 659. The molecule has 0 atom stereocenters. The summed E-state index contributed by atoms with van der Waals surface area (Å²) in [5.41, 5.74) is 2.35. The van der Waals surface area contributed by atoms with Gasteiger partial charge in [0.2, 0.25) is 11.6 Å². The van der Waals surface area contributed by atoms with Crippen LogP contribution in [0.5, 0.6) is 0 Å². The highest BCUT2D eigenvalue weighted by molar-refractivity contribution is 6.50. The van der Waals surface area contributed by atoms with E-state index in [2.05, 4.69) is 0 Å². The van der Waals surface area contributed by atoms with Crippen molar-refractivity contribution in [2.75, 3.05) is 0 Å². The third-order valence-electron chi connectivity index (χ3n) is 3.21. The Hall–Kier alpha value is -1.64. The summed E-state index contributed by atoms with van der Waals surface area (Å²) >= 11 is 11.9. The van der Waals surface area contributed by atoms with Crippen LogP contribution in [0.3, 0.4) is 0 Å². The van der Waals surface area contributed by atoms with Crippen LogP contribution in [-0.2, 0) is 6.42 Å². The molecule has 0 spiro atoms. The number of hydrogen-bond donors (Lipinski definition) is 0. The molecule has 19 heavy (non-hydrogen) atoms. The molecule has 0 amide bonds. The van der Waals surface area contributed by atoms with Gasteiger partial charge in [0.1, 0.15) is 0 Å². The Kier molecular flexibility index (Phi) is 2.92. The predicted molar refractivity (Wildman–Crippen MR) is 74.4 cm³/mol. The van der Waals surface area contributed by atoms with Gasteiger partial charge in [-0.25, -0.2) is 0 Å². The van der Waals surface area contributed by atoms with E-state index in [1.165, 1.54) is 0 Å². The van der Waals surface area contributed by atoms with Gasteiger partial charge in [0, 0.05) is 21.2 Å². The van der Waals surface area contributed by atoms with Crippen LogP contribution in [0, 0.1) is 0 Å². The molecule has 0 radical (unpaired) electrons. The Morgan fingerprint density at radius 2 is 1.16 bits per heavy atom. The monoisotopic (exact) mass is 290 g/mol. The molecule has 0 aliphatic heterocycles. The summed E-state index contributed by atoms with van der Waals surface area (Å²) < 4.78 is 0. The van der Waals surface area contributed by atoms with Gasteiger partial charge in [-0.15, -0.1) is 0 Å². The van der Waals surface area contributed by atoms with Gasteiger partial charge in [-0.05, 0) is 53.9 Å². The topological polar surface area (TPSA) is 34.1 Å². The van der Waals surface area contributed by atoms with Crippen LogP contribution in [0.15, 0.2) is 36.4 Å². The molecule has 0 heterocycles. The Balaban J connectivity index is 2.27. The summed E-state index contributed by atoms with van der Waals surface area (Å²) in [6, 6.07) is 9.88. The van der Waals surface area contributed by atoms with E-state index in [4.69, 9.17) is 23.2 Å². The number of benzene rings is 2. The van der Waals surface area contributed by atoms with Gasteiger partial charge in [0.25, 0.3) is 0 Å². The average Bonchev–Trinajstić information content (AvgIpc) is 2.46. The van der Waals surface area contributed by atoms with Gasteiger partial charge in [0.05, 0.1) is 0 Å². The molecule has 2 nitrogen and oxygen atoms in total. The lowest BCUT2D eigenvalue weighted by Gasteiger charge is -2.05. The molecule has 0 saturated carbocycles. The van der Waals surface area contributed by atoms with E-state index >= 15 is 0 Å². The molecule has 2 aromatic rings. The number of carbonyl (C=O) groups is 2. The molecule has 0 bridgehead atoms. The van der Waals surface area contributed by atoms with Gasteiger partial charge < -0.3 is 0 Å². The zero-order valence-electron chi connectivity index (χ0n) is 9.74. The van der Waals surface area contributed by atoms with Crippen LogP contribution in [-0.4, -0.2) is 11.6 Å². The third kappa shape index (κ3) is 2.07. The van der Waals surface area contributed by atoms with E-state index in [1.54, 1.807) is 36.4 Å². The summed E-state index contributed by atoms with van der Waals surface area (Å²) in [5.74, 6) is -0.986. The molecule has 0 saturated heterocycles. The van der Waals surface area contributed by atoms with Crippen LogP contribution in [0.2, 0.25) is 10.0 Å². The fraction of sp³-hybridized carbons (Fsp3) is 0.0667. The smallest absolute Gasteiger partial charge is 0.233 e. The largest absolute Gasteiger partial charge is 0.285 e. The second-order valence-electron chi connectivity index (χ2n) is 4.44. The van der Waals surface area contributed by atoms with E-state index < -0.39 is 11.6 Å². The first kappa shape index (κ1) is 12.4. The van der Waals surface area contributed by atoms with E-state index in [9.17, 15) is 9.59 Å². The molecule has 0 unspecified atom stereocenters. The average molecular weight is 291 g/mol. The first-order valence-corrected chi connectivity index (χ1v) is 6.48. The van der Waals surface area contributed by atoms with Crippen molar-refractivity contribution in [3.63, 3.8) is 0 Å². The molecular weight excluding hydrogens is 283 g/mol. The minimum absolute atomic E-state index is 0.418. The van der Waals surface area contributed by atoms with Gasteiger partial charge >= 0.3 is 0 Å². The minimum Gasteiger partial charge on any atom is -0.285 e. The van der Waals surface area contributed by atoms with Crippen molar-refractivity contribution >= 4 is 34.8 Å². The van der Waals surface area contributed by atoms with E-state index in [1.807, 2.05) is 0 Å². The van der Waals surface area contributed by atoms with E-state index in [-0.39, 0.29) is 0 Å². The predicted octanol–water partition coefficient (Wildman–Crippen LogP) is 3.96. The van der Waals surface area contributed by atoms with Gasteiger partial charge in [-0.3, -0.25) is 9.59 Å². The van der Waals surface area contributed by atoms with Gasteiger partial charge in [-0.2, -0.15) is 0 Å². The normalized spacial score (nSPS) is 13.8. The molecule has 0 aromatic heterocycles. The summed E-state index contributed by atoms with van der Waals surface area (Å²) in [7, 11) is 0. The number of fused-ring (bicyclic) bond motifs is 2. The standard InChI is InChI=1S/C15H8Cl2O2/c16-10-1-3-12-8(6-10)5-9-7-11(17)2-4-13(9)15(19)14(12)18/h1-4,6-7H,5H2. The van der Waals surface area contributed by atoms with Crippen molar-refractivity contribution in [1.82, 2.24) is 0 Å². The van der Waals surface area contributed by atoms with Crippen LogP contribution in [0.25, 0.3) is 0 Å². The van der Waals surface area contributed by atoms with Crippen LogP contribution in [0.1, 0.15) is 31.8 Å². The molecule has 3 rings (SSSR count). The molecule has 0 fully saturated rings. The molecule has 0 N–H and O–H groups in total. The highest BCUT2D eigenvalue weighted by Gasteiger charge is 2.27. The lowest BCUT2D eigenvalue weighted by molar-refractivity contribution is 0.0817. The maximum Gasteiger partial charge on any atom is 0.233 e. The van der Waals surface area contributed by atoms with Crippen molar-refractivity contribution in [1.29, 1.82) is 0 Å². The van der Waals surface area contributed by atoms with Crippen LogP contribution >= 0.6 is 23.2 Å². The fourth-order valence-corrected chi connectivity index (χ4v) is 2.70. The number of carbonyl (C=O) groups excluding carboxylic acids is 2. The number of hydrogen-bond acceptors (Lipinski definition) is 2. The number of Topliss-reactive ketones (excluding diaryl/α,β-unsaturated/α-hetero) is 2. The highest BCUT2D eigenvalue weighted by atomic mass is 35.5. The second-order valence-corrected chi connectivity index (χ2v) is 5.31. The number of rotatable bonds is 0. The van der Waals surface area contributed by atoms with Gasteiger partial charge in [-0.1, -0.05) is 23.2 Å². The Morgan fingerprint density at radius 3 is 1.58 bits per heavy atom. The first-order chi connectivity index (χ1) is 9.06. The fourth-order valence-electron chi connectivity index (χ4n) is 2.31. The summed E-state index contributed by atoms with van der Waals surface area (Å²) in [5, 5.41) is 1.09. The minimum atomic E-state index is -0.493. The quantitative estimate of drug-likeness (QED) is 0.688. The highest BCUT2D eigenvalue weighted by Crippen LogP contribution is 2.28. The maximum atomic E-state index is 12.2. The lowest BCUT2D eigenvalue weighted by atomic mass is 10.0. The molecule has 1 aliphatic carbocycles. The van der Waals surface area contributed by atoms with Gasteiger partial charge in [0.15, 0.2) is 0 Å². The first-order valence-electron chi connectivity index (χ1n) is 5.72. The van der Waals surface area contributed by atoms with Crippen molar-refractivity contribution in [2.45, 2.75) is 6.42 Å².